The fourth-order valence-corrected chi connectivity index (χ4v) is 6.04. The molecule has 0 radical (unpaired) electrons. The summed E-state index contributed by atoms with van der Waals surface area (Å²) in [6.45, 7) is 7.52. The normalized spacial score (nSPS) is 12.7. The van der Waals surface area contributed by atoms with Crippen LogP contribution in [0.15, 0.2) is 53.7 Å². The molecule has 1 atom stereocenters. The number of alkyl halides is 3. The molecule has 3 aromatic rings. The van der Waals surface area contributed by atoms with E-state index in [9.17, 15) is 26.4 Å². The zero-order chi connectivity index (χ0) is 27.4. The fraction of sp³-hybridized carbons (Fsp3) is 0.333. The number of carbonyl (C=O) groups excluding carboxylic acids is 1. The topological polar surface area (TPSA) is 88.6 Å². The number of ether oxygens (including phenoxy) is 1. The van der Waals surface area contributed by atoms with Gasteiger partial charge in [-0.05, 0) is 68.8 Å². The smallest absolute Gasteiger partial charge is 0.417 e. The van der Waals surface area contributed by atoms with Crippen LogP contribution in [-0.2, 0) is 20.8 Å². The van der Waals surface area contributed by atoms with Crippen molar-refractivity contribution in [2.45, 2.75) is 38.1 Å². The van der Waals surface area contributed by atoms with Crippen molar-refractivity contribution >= 4 is 50.2 Å². The van der Waals surface area contributed by atoms with Crippen LogP contribution in [0.3, 0.4) is 0 Å². The highest BCUT2D eigenvalue weighted by Crippen LogP contribution is 2.33. The monoisotopic (exact) mass is 575 g/mol. The Morgan fingerprint density at radius 3 is 2.38 bits per heavy atom. The molecular formula is C24H25ClF3N3O4S2. The molecule has 1 unspecified atom stereocenters. The molecule has 0 saturated heterocycles. The second-order valence-electron chi connectivity index (χ2n) is 8.00. The van der Waals surface area contributed by atoms with Crippen LogP contribution >= 0.6 is 22.9 Å². The Hall–Kier alpha value is -2.83. The first-order valence-electron chi connectivity index (χ1n) is 11.2. The van der Waals surface area contributed by atoms with Gasteiger partial charge in [-0.1, -0.05) is 11.6 Å². The molecule has 13 heteroatoms. The Balaban J connectivity index is 1.80. The van der Waals surface area contributed by atoms with Gasteiger partial charge in [-0.2, -0.15) is 13.2 Å². The summed E-state index contributed by atoms with van der Waals surface area (Å²) in [7, 11) is -4.23. The molecule has 1 aromatic carbocycles. The standard InChI is InChI=1S/C24H25ClF3N3O4S2/c1-4-31(5-2)17-7-8-18(15(3)12-17)30-23(32)35-19(20-9-10-21(25)36-20)14-37(33,34)22-11-6-16(13-29-22)24(26,27)28/h6-13,19H,4-5,14H2,1-3H3,(H,30,32). The first-order valence-corrected chi connectivity index (χ1v) is 14.0. The van der Waals surface area contributed by atoms with Crippen molar-refractivity contribution in [1.82, 2.24) is 4.98 Å². The van der Waals surface area contributed by atoms with Gasteiger partial charge in [0.2, 0.25) is 0 Å². The molecule has 0 aliphatic heterocycles. The van der Waals surface area contributed by atoms with Crippen LogP contribution in [0.1, 0.15) is 36.0 Å². The van der Waals surface area contributed by atoms with Crippen molar-refractivity contribution in [2.24, 2.45) is 0 Å². The van der Waals surface area contributed by atoms with E-state index in [0.717, 1.165) is 41.7 Å². The predicted molar refractivity (Wildman–Crippen MR) is 138 cm³/mol. The van der Waals surface area contributed by atoms with E-state index in [1.807, 2.05) is 32.9 Å². The molecule has 200 valence electrons. The lowest BCUT2D eigenvalue weighted by Crippen LogP contribution is -2.24. The number of hydrogen-bond acceptors (Lipinski definition) is 7. The number of carbonyl (C=O) groups is 1. The molecule has 0 aliphatic rings. The maximum absolute atomic E-state index is 12.9. The number of sulfone groups is 1. The summed E-state index contributed by atoms with van der Waals surface area (Å²) in [6, 6.07) is 9.95. The van der Waals surface area contributed by atoms with Gasteiger partial charge in [0.25, 0.3) is 0 Å². The number of aromatic nitrogens is 1. The number of rotatable bonds is 9. The second-order valence-corrected chi connectivity index (χ2v) is 11.7. The van der Waals surface area contributed by atoms with Gasteiger partial charge in [-0.3, -0.25) is 5.32 Å². The number of aryl methyl sites for hydroxylation is 1. The van der Waals surface area contributed by atoms with Crippen LogP contribution < -0.4 is 10.2 Å². The van der Waals surface area contributed by atoms with E-state index in [1.54, 1.807) is 6.07 Å². The van der Waals surface area contributed by atoms with E-state index in [2.05, 4.69) is 15.2 Å². The summed E-state index contributed by atoms with van der Waals surface area (Å²) in [5.41, 5.74) is 1.17. The average Bonchev–Trinajstić information content (AvgIpc) is 3.27. The number of nitrogens with zero attached hydrogens (tertiary/aromatic N) is 2. The number of anilines is 2. The van der Waals surface area contributed by atoms with Gasteiger partial charge in [-0.25, -0.2) is 18.2 Å². The van der Waals surface area contributed by atoms with Crippen molar-refractivity contribution in [1.29, 1.82) is 0 Å². The zero-order valence-electron chi connectivity index (χ0n) is 20.2. The number of hydrogen-bond donors (Lipinski definition) is 1. The number of amides is 1. The molecule has 0 aliphatic carbocycles. The molecule has 0 saturated carbocycles. The van der Waals surface area contributed by atoms with Crippen LogP contribution in [-0.4, -0.2) is 38.3 Å². The summed E-state index contributed by atoms with van der Waals surface area (Å²) in [5.74, 6) is -0.741. The van der Waals surface area contributed by atoms with E-state index in [0.29, 0.717) is 27.2 Å². The Morgan fingerprint density at radius 1 is 1.16 bits per heavy atom. The Bertz CT molecular complexity index is 1340. The van der Waals surface area contributed by atoms with E-state index in [1.165, 1.54) is 12.1 Å². The van der Waals surface area contributed by atoms with Crippen LogP contribution in [0.5, 0.6) is 0 Å². The Labute approximate surface area is 222 Å². The molecule has 0 spiro atoms. The molecule has 0 fully saturated rings. The third-order valence-electron chi connectivity index (χ3n) is 5.49. The highest BCUT2D eigenvalue weighted by molar-refractivity contribution is 7.91. The van der Waals surface area contributed by atoms with Crippen LogP contribution in [0.4, 0.5) is 29.3 Å². The molecule has 37 heavy (non-hydrogen) atoms. The minimum atomic E-state index is -4.66. The molecule has 2 heterocycles. The van der Waals surface area contributed by atoms with Crippen LogP contribution in [0.2, 0.25) is 4.34 Å². The maximum Gasteiger partial charge on any atom is 0.417 e. The molecule has 0 bridgehead atoms. The largest absolute Gasteiger partial charge is 0.439 e. The Morgan fingerprint density at radius 2 is 1.86 bits per heavy atom. The number of pyridine rings is 1. The number of halogens is 4. The molecular weight excluding hydrogens is 551 g/mol. The van der Waals surface area contributed by atoms with Crippen LogP contribution in [0.25, 0.3) is 0 Å². The maximum atomic E-state index is 12.9. The highest BCUT2D eigenvalue weighted by Gasteiger charge is 2.33. The van der Waals surface area contributed by atoms with Gasteiger partial charge in [0.1, 0.15) is 0 Å². The Kier molecular flexibility index (Phi) is 9.09. The lowest BCUT2D eigenvalue weighted by Gasteiger charge is -2.22. The lowest BCUT2D eigenvalue weighted by atomic mass is 10.1. The van der Waals surface area contributed by atoms with Gasteiger partial charge < -0.3 is 9.64 Å². The van der Waals surface area contributed by atoms with Crippen molar-refractivity contribution in [3.8, 4) is 0 Å². The molecule has 1 amide bonds. The van der Waals surface area contributed by atoms with Crippen LogP contribution in [0, 0.1) is 6.92 Å². The quantitative estimate of drug-likeness (QED) is 0.304. The lowest BCUT2D eigenvalue weighted by molar-refractivity contribution is -0.137. The summed E-state index contributed by atoms with van der Waals surface area (Å²) in [4.78, 5) is 18.7. The first kappa shape index (κ1) is 28.7. The minimum Gasteiger partial charge on any atom is -0.439 e. The average molecular weight is 576 g/mol. The van der Waals surface area contributed by atoms with Gasteiger partial charge in [0.05, 0.1) is 15.7 Å². The number of benzene rings is 1. The van der Waals surface area contributed by atoms with Crippen molar-refractivity contribution in [2.75, 3.05) is 29.1 Å². The van der Waals surface area contributed by atoms with Gasteiger partial charge in [-0.15, -0.1) is 11.3 Å². The first-order chi connectivity index (χ1) is 17.3. The third kappa shape index (κ3) is 7.36. The van der Waals surface area contributed by atoms with E-state index >= 15 is 0 Å². The zero-order valence-corrected chi connectivity index (χ0v) is 22.6. The summed E-state index contributed by atoms with van der Waals surface area (Å²) >= 11 is 7.01. The summed E-state index contributed by atoms with van der Waals surface area (Å²) in [6.07, 6.45) is -6.39. The van der Waals surface area contributed by atoms with Crippen molar-refractivity contribution in [3.63, 3.8) is 0 Å². The molecule has 2 aromatic heterocycles. The molecule has 1 N–H and O–H groups in total. The second kappa shape index (κ2) is 11.7. The van der Waals surface area contributed by atoms with Gasteiger partial charge in [0.15, 0.2) is 21.0 Å². The number of thiophene rings is 1. The molecule has 7 nitrogen and oxygen atoms in total. The van der Waals surface area contributed by atoms with E-state index in [4.69, 9.17) is 16.3 Å². The number of nitrogens with one attached hydrogen (secondary N) is 1. The van der Waals surface area contributed by atoms with Gasteiger partial charge in [0, 0.05) is 35.5 Å². The highest BCUT2D eigenvalue weighted by atomic mass is 35.5. The van der Waals surface area contributed by atoms with E-state index < -0.39 is 44.6 Å². The van der Waals surface area contributed by atoms with Crippen molar-refractivity contribution in [3.05, 3.63) is 69.0 Å². The third-order valence-corrected chi connectivity index (χ3v) is 8.43. The van der Waals surface area contributed by atoms with Gasteiger partial charge >= 0.3 is 12.3 Å². The minimum absolute atomic E-state index is 0.344. The summed E-state index contributed by atoms with van der Waals surface area (Å²) < 4.78 is 70.2. The van der Waals surface area contributed by atoms with E-state index in [-0.39, 0.29) is 0 Å². The summed E-state index contributed by atoms with van der Waals surface area (Å²) in [5, 5.41) is 2.06. The fourth-order valence-electron chi connectivity index (χ4n) is 3.53. The SMILES string of the molecule is CCN(CC)c1ccc(NC(=O)OC(CS(=O)(=O)c2ccc(C(F)(F)F)cn2)c2ccc(Cl)s2)c(C)c1. The van der Waals surface area contributed by atoms with Crippen molar-refractivity contribution < 1.29 is 31.1 Å². The molecule has 3 rings (SSSR count). The predicted octanol–water partition coefficient (Wildman–Crippen LogP) is 6.73.